The Kier molecular flexibility index (Phi) is 3.52. The lowest BCUT2D eigenvalue weighted by Gasteiger charge is -2.30. The summed E-state index contributed by atoms with van der Waals surface area (Å²) in [5.41, 5.74) is 1.90. The molecule has 1 fully saturated rings. The summed E-state index contributed by atoms with van der Waals surface area (Å²) in [4.78, 5) is 27.1. The number of rotatable bonds is 3. The maximum Gasteiger partial charge on any atom is 0.239 e. The number of piperazine rings is 1. The number of isocyanates is 1. The van der Waals surface area contributed by atoms with Gasteiger partial charge in [0, 0.05) is 18.8 Å². The number of para-hydroxylation sites is 1. The van der Waals surface area contributed by atoms with Crippen LogP contribution in [0.4, 0.5) is 5.69 Å². The zero-order chi connectivity index (χ0) is 12.1. The molecule has 88 valence electrons. The number of hydrogen-bond donors (Lipinski definition) is 1. The molecule has 5 nitrogen and oxygen atoms in total. The molecular formula is C12H13N3O2. The van der Waals surface area contributed by atoms with Crippen LogP contribution < -0.4 is 10.2 Å². The van der Waals surface area contributed by atoms with Gasteiger partial charge in [-0.3, -0.25) is 4.79 Å². The molecule has 1 saturated heterocycles. The van der Waals surface area contributed by atoms with Gasteiger partial charge in [-0.1, -0.05) is 18.2 Å². The molecule has 1 aliphatic rings. The van der Waals surface area contributed by atoms with E-state index in [2.05, 4.69) is 10.3 Å². The predicted molar refractivity (Wildman–Crippen MR) is 63.5 cm³/mol. The molecule has 0 atom stereocenters. The number of carbonyl (C=O) groups is 1. The third-order valence-electron chi connectivity index (χ3n) is 2.68. The zero-order valence-corrected chi connectivity index (χ0v) is 9.35. The second kappa shape index (κ2) is 5.27. The highest BCUT2D eigenvalue weighted by molar-refractivity contribution is 5.83. The van der Waals surface area contributed by atoms with Crippen molar-refractivity contribution in [2.75, 3.05) is 24.5 Å². The maximum atomic E-state index is 11.3. The Morgan fingerprint density at radius 2 is 2.24 bits per heavy atom. The molecule has 17 heavy (non-hydrogen) atoms. The molecule has 0 radical (unpaired) electrons. The minimum Gasteiger partial charge on any atom is -0.360 e. The summed E-state index contributed by atoms with van der Waals surface area (Å²) in [5.74, 6) is 0.0185. The fraction of sp³-hybridized carbons (Fsp3) is 0.333. The van der Waals surface area contributed by atoms with Gasteiger partial charge in [-0.05, 0) is 11.6 Å². The summed E-state index contributed by atoms with van der Waals surface area (Å²) in [6.45, 7) is 2.07. The van der Waals surface area contributed by atoms with Gasteiger partial charge in [-0.25, -0.2) is 9.79 Å². The van der Waals surface area contributed by atoms with Gasteiger partial charge < -0.3 is 10.2 Å². The van der Waals surface area contributed by atoms with E-state index in [-0.39, 0.29) is 5.91 Å². The first-order valence-corrected chi connectivity index (χ1v) is 5.44. The molecule has 0 aliphatic carbocycles. The van der Waals surface area contributed by atoms with Gasteiger partial charge in [0.25, 0.3) is 0 Å². The predicted octanol–water partition coefficient (Wildman–Crippen LogP) is 0.459. The van der Waals surface area contributed by atoms with E-state index in [1.165, 1.54) is 6.08 Å². The average Bonchev–Trinajstić information content (AvgIpc) is 2.37. The molecule has 0 spiro atoms. The Hall–Kier alpha value is -2.13. The van der Waals surface area contributed by atoms with E-state index in [0.717, 1.165) is 17.8 Å². The molecule has 5 heteroatoms. The van der Waals surface area contributed by atoms with Gasteiger partial charge in [0.15, 0.2) is 0 Å². The zero-order valence-electron chi connectivity index (χ0n) is 9.35. The Bertz CT molecular complexity index is 467. The molecule has 1 aromatic carbocycles. The smallest absolute Gasteiger partial charge is 0.239 e. The first kappa shape index (κ1) is 11.4. The molecule has 1 heterocycles. The molecule has 0 unspecified atom stereocenters. The van der Waals surface area contributed by atoms with Crippen LogP contribution in [0.15, 0.2) is 29.3 Å². The molecule has 0 aromatic heterocycles. The van der Waals surface area contributed by atoms with Crippen molar-refractivity contribution in [1.29, 1.82) is 0 Å². The van der Waals surface area contributed by atoms with E-state index in [0.29, 0.717) is 19.6 Å². The van der Waals surface area contributed by atoms with Crippen LogP contribution >= 0.6 is 0 Å². The number of benzene rings is 1. The summed E-state index contributed by atoms with van der Waals surface area (Å²) in [6.07, 6.45) is 1.53. The third-order valence-corrected chi connectivity index (χ3v) is 2.68. The SMILES string of the molecule is O=C=NCc1ccccc1N1CCNC(=O)C1. The van der Waals surface area contributed by atoms with Gasteiger partial charge in [0.05, 0.1) is 13.1 Å². The second-order valence-corrected chi connectivity index (χ2v) is 3.81. The van der Waals surface area contributed by atoms with Crippen LogP contribution in [0.5, 0.6) is 0 Å². The summed E-state index contributed by atoms with van der Waals surface area (Å²) in [5, 5.41) is 2.78. The molecule has 0 bridgehead atoms. The standard InChI is InChI=1S/C12H13N3O2/c16-9-13-7-10-3-1-2-4-11(10)15-6-5-14-12(17)8-15/h1-4H,5-8H2,(H,14,17). The van der Waals surface area contributed by atoms with Crippen molar-refractivity contribution in [3.63, 3.8) is 0 Å². The van der Waals surface area contributed by atoms with E-state index in [4.69, 9.17) is 0 Å². The van der Waals surface area contributed by atoms with Gasteiger partial charge in [-0.2, -0.15) is 0 Å². The minimum atomic E-state index is 0.0185. The number of hydrogen-bond acceptors (Lipinski definition) is 4. The quantitative estimate of drug-likeness (QED) is 0.607. The second-order valence-electron chi connectivity index (χ2n) is 3.81. The van der Waals surface area contributed by atoms with Crippen LogP contribution in [0.1, 0.15) is 5.56 Å². The van der Waals surface area contributed by atoms with Crippen molar-refractivity contribution in [3.05, 3.63) is 29.8 Å². The Labute approximate surface area is 99.1 Å². The topological polar surface area (TPSA) is 61.8 Å². The first-order chi connectivity index (χ1) is 8.31. The monoisotopic (exact) mass is 231 g/mol. The third kappa shape index (κ3) is 2.71. The summed E-state index contributed by atoms with van der Waals surface area (Å²) in [7, 11) is 0. The van der Waals surface area contributed by atoms with Crippen molar-refractivity contribution < 1.29 is 9.59 Å². The highest BCUT2D eigenvalue weighted by Crippen LogP contribution is 2.21. The summed E-state index contributed by atoms with van der Waals surface area (Å²) < 4.78 is 0. The fourth-order valence-corrected chi connectivity index (χ4v) is 1.91. The van der Waals surface area contributed by atoms with Crippen molar-refractivity contribution in [3.8, 4) is 0 Å². The molecular weight excluding hydrogens is 218 g/mol. The molecule has 1 aliphatic heterocycles. The largest absolute Gasteiger partial charge is 0.360 e. The lowest BCUT2D eigenvalue weighted by Crippen LogP contribution is -2.48. The van der Waals surface area contributed by atoms with Gasteiger partial charge >= 0.3 is 0 Å². The van der Waals surface area contributed by atoms with E-state index in [1.54, 1.807) is 0 Å². The molecule has 1 amide bonds. The lowest BCUT2D eigenvalue weighted by molar-refractivity contribution is -0.120. The maximum absolute atomic E-state index is 11.3. The van der Waals surface area contributed by atoms with Crippen molar-refractivity contribution >= 4 is 17.7 Å². The van der Waals surface area contributed by atoms with E-state index in [9.17, 15) is 9.59 Å². The van der Waals surface area contributed by atoms with Crippen LogP contribution in [0.3, 0.4) is 0 Å². The minimum absolute atomic E-state index is 0.0185. The van der Waals surface area contributed by atoms with Gasteiger partial charge in [0.1, 0.15) is 0 Å². The number of nitrogens with zero attached hydrogens (tertiary/aromatic N) is 2. The van der Waals surface area contributed by atoms with Crippen molar-refractivity contribution in [2.24, 2.45) is 4.99 Å². The molecule has 1 aromatic rings. The van der Waals surface area contributed by atoms with Crippen LogP contribution in [-0.4, -0.2) is 31.6 Å². The van der Waals surface area contributed by atoms with Crippen LogP contribution in [0.25, 0.3) is 0 Å². The number of carbonyl (C=O) groups excluding carboxylic acids is 2. The molecule has 2 rings (SSSR count). The normalized spacial score (nSPS) is 15.1. The summed E-state index contributed by atoms with van der Waals surface area (Å²) >= 11 is 0. The number of anilines is 1. The van der Waals surface area contributed by atoms with E-state index < -0.39 is 0 Å². The number of aliphatic imine (C=N–C) groups is 1. The van der Waals surface area contributed by atoms with Crippen molar-refractivity contribution in [1.82, 2.24) is 5.32 Å². The van der Waals surface area contributed by atoms with E-state index in [1.807, 2.05) is 29.2 Å². The molecule has 1 N–H and O–H groups in total. The Balaban J connectivity index is 2.23. The average molecular weight is 231 g/mol. The number of amides is 1. The summed E-state index contributed by atoms with van der Waals surface area (Å²) in [6, 6.07) is 7.65. The molecule has 0 saturated carbocycles. The van der Waals surface area contributed by atoms with Gasteiger partial charge in [0.2, 0.25) is 12.0 Å². The van der Waals surface area contributed by atoms with Crippen LogP contribution in [0, 0.1) is 0 Å². The Morgan fingerprint density at radius 3 is 3.00 bits per heavy atom. The van der Waals surface area contributed by atoms with Crippen molar-refractivity contribution in [2.45, 2.75) is 6.54 Å². The Morgan fingerprint density at radius 1 is 1.41 bits per heavy atom. The highest BCUT2D eigenvalue weighted by atomic mass is 16.2. The first-order valence-electron chi connectivity index (χ1n) is 5.44. The lowest BCUT2D eigenvalue weighted by atomic mass is 10.1. The number of nitrogens with one attached hydrogen (secondary N) is 1. The van der Waals surface area contributed by atoms with Crippen LogP contribution in [0.2, 0.25) is 0 Å². The van der Waals surface area contributed by atoms with Gasteiger partial charge in [-0.15, -0.1) is 0 Å². The van der Waals surface area contributed by atoms with E-state index >= 15 is 0 Å². The van der Waals surface area contributed by atoms with Crippen LogP contribution in [-0.2, 0) is 16.1 Å². The fourth-order valence-electron chi connectivity index (χ4n) is 1.91. The highest BCUT2D eigenvalue weighted by Gasteiger charge is 2.18.